The van der Waals surface area contributed by atoms with Crippen LogP contribution in [0, 0.1) is 5.41 Å². The summed E-state index contributed by atoms with van der Waals surface area (Å²) in [6, 6.07) is 3.53. The van der Waals surface area contributed by atoms with Crippen LogP contribution in [0.1, 0.15) is 12.0 Å². The zero-order valence-electron chi connectivity index (χ0n) is 10.1. The highest BCUT2D eigenvalue weighted by Gasteiger charge is 2.20. The number of hydrogen-bond donors (Lipinski definition) is 3. The summed E-state index contributed by atoms with van der Waals surface area (Å²) in [4.78, 5) is 3.93. The molecule has 1 rings (SSSR count). The van der Waals surface area contributed by atoms with Gasteiger partial charge in [0.05, 0.1) is 5.84 Å². The van der Waals surface area contributed by atoms with Gasteiger partial charge in [0.25, 0.3) is 10.2 Å². The van der Waals surface area contributed by atoms with Crippen LogP contribution in [0.5, 0.6) is 0 Å². The largest absolute Gasteiger partial charge is 0.388 e. The van der Waals surface area contributed by atoms with Crippen molar-refractivity contribution in [3.63, 3.8) is 0 Å². The normalized spacial score (nSPS) is 11.7. The SMILES string of the molecule is CNS(=O)(=O)N(CCC(=N)N)Cc1cccnc1. The molecule has 0 saturated carbocycles. The summed E-state index contributed by atoms with van der Waals surface area (Å²) in [5.74, 6) is -0.0440. The fraction of sp³-hybridized carbons (Fsp3) is 0.400. The van der Waals surface area contributed by atoms with E-state index in [1.54, 1.807) is 24.5 Å². The molecule has 0 amide bonds. The Morgan fingerprint density at radius 3 is 2.83 bits per heavy atom. The number of aromatic nitrogens is 1. The van der Waals surface area contributed by atoms with E-state index in [2.05, 4.69) is 9.71 Å². The van der Waals surface area contributed by atoms with E-state index < -0.39 is 10.2 Å². The first-order valence-corrected chi connectivity index (χ1v) is 6.80. The van der Waals surface area contributed by atoms with E-state index in [9.17, 15) is 8.42 Å². The number of nitrogens with zero attached hydrogens (tertiary/aromatic N) is 2. The first-order valence-electron chi connectivity index (χ1n) is 5.36. The first-order chi connectivity index (χ1) is 8.45. The molecular weight excluding hydrogens is 254 g/mol. The molecule has 0 aliphatic carbocycles. The molecule has 7 nitrogen and oxygen atoms in total. The van der Waals surface area contributed by atoms with Crippen molar-refractivity contribution in [2.75, 3.05) is 13.6 Å². The maximum atomic E-state index is 11.8. The average Bonchev–Trinajstić information content (AvgIpc) is 2.35. The van der Waals surface area contributed by atoms with Gasteiger partial charge in [-0.1, -0.05) is 6.07 Å². The van der Waals surface area contributed by atoms with Crippen LogP contribution >= 0.6 is 0 Å². The van der Waals surface area contributed by atoms with Gasteiger partial charge in [0, 0.05) is 39.0 Å². The standard InChI is InChI=1S/C10H17N5O2S/c1-13-18(16,17)15(6-4-10(11)12)8-9-3-2-5-14-7-9/h2-3,5,7,13H,4,6,8H2,1H3,(H3,11,12). The van der Waals surface area contributed by atoms with Crippen molar-refractivity contribution >= 4 is 16.0 Å². The molecular formula is C10H17N5O2S. The molecule has 0 spiro atoms. The predicted octanol–water partition coefficient (Wildman–Crippen LogP) is -0.326. The quantitative estimate of drug-likeness (QED) is 0.465. The lowest BCUT2D eigenvalue weighted by atomic mass is 10.3. The van der Waals surface area contributed by atoms with Gasteiger partial charge in [0.2, 0.25) is 0 Å². The van der Waals surface area contributed by atoms with E-state index in [-0.39, 0.29) is 25.3 Å². The molecule has 0 aromatic carbocycles. The Morgan fingerprint density at radius 2 is 2.33 bits per heavy atom. The Balaban J connectivity index is 2.81. The molecule has 0 aliphatic heterocycles. The van der Waals surface area contributed by atoms with E-state index in [0.717, 1.165) is 5.56 Å². The van der Waals surface area contributed by atoms with Crippen molar-refractivity contribution < 1.29 is 8.42 Å². The van der Waals surface area contributed by atoms with Crippen LogP contribution < -0.4 is 10.5 Å². The summed E-state index contributed by atoms with van der Waals surface area (Å²) in [5.41, 5.74) is 6.03. The molecule has 1 aromatic rings. The summed E-state index contributed by atoms with van der Waals surface area (Å²) < 4.78 is 27.1. The lowest BCUT2D eigenvalue weighted by Gasteiger charge is -2.21. The molecule has 1 aromatic heterocycles. The van der Waals surface area contributed by atoms with Crippen molar-refractivity contribution in [3.05, 3.63) is 30.1 Å². The Kier molecular flexibility index (Phi) is 5.20. The second-order valence-electron chi connectivity index (χ2n) is 3.68. The van der Waals surface area contributed by atoms with Gasteiger partial charge in [-0.3, -0.25) is 10.4 Å². The predicted molar refractivity (Wildman–Crippen MR) is 69.2 cm³/mol. The first kappa shape index (κ1) is 14.6. The summed E-state index contributed by atoms with van der Waals surface area (Å²) in [5, 5.41) is 7.15. The summed E-state index contributed by atoms with van der Waals surface area (Å²) in [6.07, 6.45) is 3.42. The molecule has 18 heavy (non-hydrogen) atoms. The minimum atomic E-state index is -3.55. The van der Waals surface area contributed by atoms with Crippen LogP contribution in [-0.2, 0) is 16.8 Å². The van der Waals surface area contributed by atoms with E-state index in [4.69, 9.17) is 11.1 Å². The summed E-state index contributed by atoms with van der Waals surface area (Å²) in [7, 11) is -2.20. The molecule has 0 atom stereocenters. The Bertz CT molecular complexity index is 488. The molecule has 0 bridgehead atoms. The Labute approximate surface area is 107 Å². The molecule has 0 fully saturated rings. The smallest absolute Gasteiger partial charge is 0.279 e. The second kappa shape index (κ2) is 6.43. The van der Waals surface area contributed by atoms with Gasteiger partial charge in [-0.15, -0.1) is 0 Å². The van der Waals surface area contributed by atoms with Gasteiger partial charge >= 0.3 is 0 Å². The third-order valence-corrected chi connectivity index (χ3v) is 3.82. The van der Waals surface area contributed by atoms with Crippen LogP contribution in [0.15, 0.2) is 24.5 Å². The number of pyridine rings is 1. The van der Waals surface area contributed by atoms with Crippen LogP contribution in [0.3, 0.4) is 0 Å². The zero-order valence-corrected chi connectivity index (χ0v) is 10.9. The third kappa shape index (κ3) is 4.40. The van der Waals surface area contributed by atoms with E-state index in [1.165, 1.54) is 11.4 Å². The van der Waals surface area contributed by atoms with Gasteiger partial charge in [0.1, 0.15) is 0 Å². The maximum absolute atomic E-state index is 11.8. The Morgan fingerprint density at radius 1 is 1.61 bits per heavy atom. The fourth-order valence-corrected chi connectivity index (χ4v) is 2.26. The van der Waals surface area contributed by atoms with Gasteiger partial charge in [-0.25, -0.2) is 4.72 Å². The van der Waals surface area contributed by atoms with Crippen LogP contribution in [0.25, 0.3) is 0 Å². The van der Waals surface area contributed by atoms with Gasteiger partial charge in [0.15, 0.2) is 0 Å². The van der Waals surface area contributed by atoms with E-state index >= 15 is 0 Å². The van der Waals surface area contributed by atoms with Crippen molar-refractivity contribution in [2.24, 2.45) is 5.73 Å². The van der Waals surface area contributed by atoms with Crippen molar-refractivity contribution in [3.8, 4) is 0 Å². The average molecular weight is 271 g/mol. The minimum Gasteiger partial charge on any atom is -0.388 e. The molecule has 0 unspecified atom stereocenters. The summed E-state index contributed by atoms with van der Waals surface area (Å²) in [6.45, 7) is 0.359. The van der Waals surface area contributed by atoms with E-state index in [0.29, 0.717) is 0 Å². The lowest BCUT2D eigenvalue weighted by Crippen LogP contribution is -2.40. The molecule has 0 radical (unpaired) electrons. The second-order valence-corrected chi connectivity index (χ2v) is 5.55. The third-order valence-electron chi connectivity index (χ3n) is 2.31. The minimum absolute atomic E-state index is 0.0440. The highest BCUT2D eigenvalue weighted by Crippen LogP contribution is 2.07. The topological polar surface area (TPSA) is 112 Å². The molecule has 1 heterocycles. The number of nitrogens with one attached hydrogen (secondary N) is 2. The maximum Gasteiger partial charge on any atom is 0.279 e. The molecule has 8 heteroatoms. The van der Waals surface area contributed by atoms with Crippen LogP contribution in [-0.4, -0.2) is 37.1 Å². The number of hydrogen-bond acceptors (Lipinski definition) is 4. The van der Waals surface area contributed by atoms with Gasteiger partial charge in [-0.05, 0) is 11.6 Å². The monoisotopic (exact) mass is 271 g/mol. The van der Waals surface area contributed by atoms with Gasteiger partial charge < -0.3 is 5.73 Å². The number of nitrogens with two attached hydrogens (primary N) is 1. The van der Waals surface area contributed by atoms with Crippen molar-refractivity contribution in [1.82, 2.24) is 14.0 Å². The number of amidine groups is 1. The molecule has 100 valence electrons. The zero-order chi connectivity index (χ0) is 13.6. The lowest BCUT2D eigenvalue weighted by molar-refractivity contribution is 0.409. The summed E-state index contributed by atoms with van der Waals surface area (Å²) >= 11 is 0. The highest BCUT2D eigenvalue weighted by atomic mass is 32.2. The molecule has 0 saturated heterocycles. The molecule has 4 N–H and O–H groups in total. The van der Waals surface area contributed by atoms with Crippen molar-refractivity contribution in [1.29, 1.82) is 5.41 Å². The number of rotatable bonds is 7. The van der Waals surface area contributed by atoms with Crippen LogP contribution in [0.4, 0.5) is 0 Å². The Hall–Kier alpha value is -1.51. The molecule has 0 aliphatic rings. The van der Waals surface area contributed by atoms with E-state index in [1.807, 2.05) is 0 Å². The fourth-order valence-electron chi connectivity index (χ4n) is 1.35. The van der Waals surface area contributed by atoms with Crippen LogP contribution in [0.2, 0.25) is 0 Å². The van der Waals surface area contributed by atoms with Crippen molar-refractivity contribution in [2.45, 2.75) is 13.0 Å². The van der Waals surface area contributed by atoms with Gasteiger partial charge in [-0.2, -0.15) is 12.7 Å². The highest BCUT2D eigenvalue weighted by molar-refractivity contribution is 7.87.